The highest BCUT2D eigenvalue weighted by atomic mass is 35.5. The van der Waals surface area contributed by atoms with E-state index in [1.807, 2.05) is 0 Å². The number of halogens is 1. The molecule has 1 aromatic carbocycles. The second kappa shape index (κ2) is 5.31. The molecule has 0 heterocycles. The van der Waals surface area contributed by atoms with Crippen LogP contribution in [0.1, 0.15) is 12.0 Å². The van der Waals surface area contributed by atoms with Gasteiger partial charge in [-0.15, -0.1) is 0 Å². The van der Waals surface area contributed by atoms with E-state index >= 15 is 0 Å². The standard InChI is InChI=1S/C11H9ClO2/c1-14-11(13)4-2-3-9-5-7-10(12)8-6-9/h5-8H,4H2,1H3. The van der Waals surface area contributed by atoms with Gasteiger partial charge in [0.15, 0.2) is 0 Å². The lowest BCUT2D eigenvalue weighted by atomic mass is 10.2. The Morgan fingerprint density at radius 1 is 1.43 bits per heavy atom. The van der Waals surface area contributed by atoms with E-state index in [-0.39, 0.29) is 12.4 Å². The Labute approximate surface area is 87.8 Å². The third kappa shape index (κ3) is 3.51. The van der Waals surface area contributed by atoms with Gasteiger partial charge in [-0.2, -0.15) is 0 Å². The van der Waals surface area contributed by atoms with E-state index in [0.717, 1.165) is 5.56 Å². The number of carbonyl (C=O) groups excluding carboxylic acids is 1. The summed E-state index contributed by atoms with van der Waals surface area (Å²) in [7, 11) is 1.34. The molecule has 0 saturated carbocycles. The summed E-state index contributed by atoms with van der Waals surface area (Å²) in [4.78, 5) is 10.7. The van der Waals surface area contributed by atoms with Crippen LogP contribution in [0.25, 0.3) is 0 Å². The predicted octanol–water partition coefficient (Wildman–Crippen LogP) is 2.25. The molecule has 14 heavy (non-hydrogen) atoms. The molecule has 0 spiro atoms. The summed E-state index contributed by atoms with van der Waals surface area (Å²) >= 11 is 5.70. The third-order valence-corrected chi connectivity index (χ3v) is 1.79. The summed E-state index contributed by atoms with van der Waals surface area (Å²) in [5.74, 6) is 5.20. The van der Waals surface area contributed by atoms with Gasteiger partial charge < -0.3 is 4.74 Å². The maximum atomic E-state index is 10.7. The first-order chi connectivity index (χ1) is 6.72. The minimum absolute atomic E-state index is 0.110. The first kappa shape index (κ1) is 10.6. The Kier molecular flexibility index (Phi) is 4.03. The summed E-state index contributed by atoms with van der Waals surface area (Å²) in [5.41, 5.74) is 0.832. The Morgan fingerprint density at radius 2 is 2.07 bits per heavy atom. The van der Waals surface area contributed by atoms with Crippen LogP contribution in [0.3, 0.4) is 0 Å². The highest BCUT2D eigenvalue weighted by Crippen LogP contribution is 2.08. The number of hydrogen-bond acceptors (Lipinski definition) is 2. The van der Waals surface area contributed by atoms with Crippen LogP contribution < -0.4 is 0 Å². The Morgan fingerprint density at radius 3 is 2.64 bits per heavy atom. The lowest BCUT2D eigenvalue weighted by Crippen LogP contribution is -1.96. The van der Waals surface area contributed by atoms with Crippen molar-refractivity contribution in [3.05, 3.63) is 34.9 Å². The minimum Gasteiger partial charge on any atom is -0.468 e. The smallest absolute Gasteiger partial charge is 0.317 e. The second-order valence-corrected chi connectivity index (χ2v) is 3.00. The van der Waals surface area contributed by atoms with E-state index < -0.39 is 0 Å². The fourth-order valence-corrected chi connectivity index (χ4v) is 0.950. The average molecular weight is 209 g/mol. The first-order valence-corrected chi connectivity index (χ1v) is 4.41. The van der Waals surface area contributed by atoms with E-state index in [1.165, 1.54) is 7.11 Å². The summed E-state index contributed by atoms with van der Waals surface area (Å²) < 4.78 is 4.44. The number of benzene rings is 1. The molecule has 0 N–H and O–H groups in total. The SMILES string of the molecule is COC(=O)CC#Cc1ccc(Cl)cc1. The minimum atomic E-state index is -0.327. The van der Waals surface area contributed by atoms with Crippen LogP contribution in [0.15, 0.2) is 24.3 Å². The monoisotopic (exact) mass is 208 g/mol. The van der Waals surface area contributed by atoms with Crippen molar-refractivity contribution in [3.8, 4) is 11.8 Å². The molecule has 0 radical (unpaired) electrons. The quantitative estimate of drug-likeness (QED) is 0.523. The summed E-state index contributed by atoms with van der Waals surface area (Å²) in [6.45, 7) is 0. The van der Waals surface area contributed by atoms with Crippen molar-refractivity contribution in [2.75, 3.05) is 7.11 Å². The van der Waals surface area contributed by atoms with Crippen molar-refractivity contribution >= 4 is 17.6 Å². The van der Waals surface area contributed by atoms with Gasteiger partial charge in [-0.05, 0) is 24.3 Å². The molecule has 0 atom stereocenters. The lowest BCUT2D eigenvalue weighted by Gasteiger charge is -1.91. The van der Waals surface area contributed by atoms with E-state index in [1.54, 1.807) is 24.3 Å². The Balaban J connectivity index is 2.59. The highest BCUT2D eigenvalue weighted by molar-refractivity contribution is 6.30. The molecule has 0 aliphatic heterocycles. The van der Waals surface area contributed by atoms with Crippen molar-refractivity contribution in [1.29, 1.82) is 0 Å². The zero-order valence-electron chi connectivity index (χ0n) is 7.71. The van der Waals surface area contributed by atoms with Gasteiger partial charge in [0.1, 0.15) is 6.42 Å². The maximum Gasteiger partial charge on any atom is 0.317 e. The van der Waals surface area contributed by atoms with Crippen molar-refractivity contribution in [1.82, 2.24) is 0 Å². The average Bonchev–Trinajstić information content (AvgIpc) is 2.21. The molecule has 0 aliphatic carbocycles. The number of rotatable bonds is 1. The number of carbonyl (C=O) groups is 1. The van der Waals surface area contributed by atoms with Crippen molar-refractivity contribution in [3.63, 3.8) is 0 Å². The molecule has 0 aromatic heterocycles. The van der Waals surface area contributed by atoms with Crippen LogP contribution in [-0.4, -0.2) is 13.1 Å². The Hall–Kier alpha value is -1.46. The van der Waals surface area contributed by atoms with Crippen molar-refractivity contribution in [2.24, 2.45) is 0 Å². The lowest BCUT2D eigenvalue weighted by molar-refractivity contribution is -0.139. The van der Waals surface area contributed by atoms with Gasteiger partial charge in [-0.1, -0.05) is 23.4 Å². The van der Waals surface area contributed by atoms with Gasteiger partial charge in [0.05, 0.1) is 7.11 Å². The number of ether oxygens (including phenoxy) is 1. The fraction of sp³-hybridized carbons (Fsp3) is 0.182. The molecular formula is C11H9ClO2. The number of hydrogen-bond donors (Lipinski definition) is 0. The van der Waals surface area contributed by atoms with Gasteiger partial charge in [-0.3, -0.25) is 4.79 Å². The molecule has 0 fully saturated rings. The van der Waals surface area contributed by atoms with Gasteiger partial charge >= 0.3 is 5.97 Å². The molecule has 3 heteroatoms. The van der Waals surface area contributed by atoms with Crippen LogP contribution in [0, 0.1) is 11.8 Å². The van der Waals surface area contributed by atoms with Crippen LogP contribution in [0.5, 0.6) is 0 Å². The van der Waals surface area contributed by atoms with Gasteiger partial charge in [0, 0.05) is 10.6 Å². The number of methoxy groups -OCH3 is 1. The van der Waals surface area contributed by atoms with Crippen LogP contribution in [0.4, 0.5) is 0 Å². The van der Waals surface area contributed by atoms with Crippen molar-refractivity contribution in [2.45, 2.75) is 6.42 Å². The summed E-state index contributed by atoms with van der Waals surface area (Å²) in [5, 5.41) is 0.670. The normalized spacial score (nSPS) is 8.71. The van der Waals surface area contributed by atoms with E-state index in [4.69, 9.17) is 11.6 Å². The topological polar surface area (TPSA) is 26.3 Å². The van der Waals surface area contributed by atoms with Crippen LogP contribution >= 0.6 is 11.6 Å². The second-order valence-electron chi connectivity index (χ2n) is 2.56. The van der Waals surface area contributed by atoms with Crippen molar-refractivity contribution < 1.29 is 9.53 Å². The molecule has 72 valence electrons. The molecule has 2 nitrogen and oxygen atoms in total. The zero-order valence-corrected chi connectivity index (χ0v) is 8.47. The molecule has 1 aromatic rings. The first-order valence-electron chi connectivity index (χ1n) is 4.03. The highest BCUT2D eigenvalue weighted by Gasteiger charge is 1.93. The molecule has 0 unspecified atom stereocenters. The van der Waals surface area contributed by atoms with Gasteiger partial charge in [-0.25, -0.2) is 0 Å². The molecule has 0 saturated heterocycles. The molecule has 0 aliphatic rings. The van der Waals surface area contributed by atoms with E-state index in [0.29, 0.717) is 5.02 Å². The van der Waals surface area contributed by atoms with Crippen LogP contribution in [-0.2, 0) is 9.53 Å². The van der Waals surface area contributed by atoms with Gasteiger partial charge in [0.25, 0.3) is 0 Å². The third-order valence-electron chi connectivity index (χ3n) is 1.54. The van der Waals surface area contributed by atoms with E-state index in [2.05, 4.69) is 16.6 Å². The molecule has 0 bridgehead atoms. The number of esters is 1. The fourth-order valence-electron chi connectivity index (χ4n) is 0.824. The molecule has 0 amide bonds. The predicted molar refractivity (Wildman–Crippen MR) is 55.0 cm³/mol. The van der Waals surface area contributed by atoms with Crippen LogP contribution in [0.2, 0.25) is 5.02 Å². The zero-order chi connectivity index (χ0) is 10.4. The maximum absolute atomic E-state index is 10.7. The summed E-state index contributed by atoms with van der Waals surface area (Å²) in [6, 6.07) is 7.10. The molecular weight excluding hydrogens is 200 g/mol. The largest absolute Gasteiger partial charge is 0.468 e. The Bertz CT molecular complexity index is 371. The van der Waals surface area contributed by atoms with E-state index in [9.17, 15) is 4.79 Å². The molecule has 1 rings (SSSR count). The summed E-state index contributed by atoms with van der Waals surface area (Å²) in [6.07, 6.45) is 0.110. The van der Waals surface area contributed by atoms with Gasteiger partial charge in [0.2, 0.25) is 0 Å².